The van der Waals surface area contributed by atoms with Crippen molar-refractivity contribution in [3.8, 4) is 0 Å². The fourth-order valence-electron chi connectivity index (χ4n) is 1.87. The second-order valence-electron chi connectivity index (χ2n) is 5.55. The zero-order valence-corrected chi connectivity index (χ0v) is 12.0. The molecule has 0 radical (unpaired) electrons. The lowest BCUT2D eigenvalue weighted by Crippen LogP contribution is -2.47. The van der Waals surface area contributed by atoms with Crippen molar-refractivity contribution in [3.05, 3.63) is 0 Å². The maximum absolute atomic E-state index is 11.9. The molecule has 94 valence electrons. The lowest BCUT2D eigenvalue weighted by Gasteiger charge is -2.32. The van der Waals surface area contributed by atoms with Gasteiger partial charge >= 0.3 is 0 Å². The largest absolute Gasteiger partial charge is 0.342 e. The van der Waals surface area contributed by atoms with E-state index in [9.17, 15) is 4.79 Å². The number of rotatable bonds is 3. The van der Waals surface area contributed by atoms with E-state index < -0.39 is 0 Å². The number of hydrogen-bond donors (Lipinski definition) is 1. The molecule has 1 aliphatic rings. The van der Waals surface area contributed by atoms with E-state index in [2.05, 4.69) is 32.8 Å². The smallest absolute Gasteiger partial charge is 0.236 e. The number of hydrogen-bond acceptors (Lipinski definition) is 2. The van der Waals surface area contributed by atoms with E-state index in [0.717, 1.165) is 27.3 Å². The Bertz CT molecular complexity index is 230. The highest BCUT2D eigenvalue weighted by atomic mass is 31.1. The molecular formula is C12H25N2OP. The molecule has 0 spiro atoms. The molecule has 0 aromatic rings. The molecule has 1 fully saturated rings. The number of carbonyl (C=O) groups excluding carboxylic acids is 1. The molecule has 1 heterocycles. The Hall–Kier alpha value is -0.140. The summed E-state index contributed by atoms with van der Waals surface area (Å²) in [5.41, 5.74) is 0.887. The summed E-state index contributed by atoms with van der Waals surface area (Å²) in [6.07, 6.45) is 2.38. The zero-order chi connectivity index (χ0) is 12.2. The topological polar surface area (TPSA) is 32.3 Å². The third-order valence-electron chi connectivity index (χ3n) is 3.03. The Morgan fingerprint density at radius 2 is 1.94 bits per heavy atom. The average Bonchev–Trinajstić information content (AvgIpc) is 2.25. The summed E-state index contributed by atoms with van der Waals surface area (Å²) in [7, 11) is 1.03. The van der Waals surface area contributed by atoms with Crippen LogP contribution in [0.5, 0.6) is 0 Å². The molecule has 1 N–H and O–H groups in total. The Labute approximate surface area is 101 Å². The van der Waals surface area contributed by atoms with Crippen LogP contribution >= 0.6 is 8.58 Å². The fourth-order valence-corrected chi connectivity index (χ4v) is 2.71. The third kappa shape index (κ3) is 4.80. The van der Waals surface area contributed by atoms with Crippen molar-refractivity contribution < 1.29 is 4.79 Å². The monoisotopic (exact) mass is 244 g/mol. The van der Waals surface area contributed by atoms with Crippen molar-refractivity contribution in [1.82, 2.24) is 10.2 Å². The molecule has 1 amide bonds. The quantitative estimate of drug-likeness (QED) is 0.766. The van der Waals surface area contributed by atoms with E-state index in [1.807, 2.05) is 4.90 Å². The number of piperidine rings is 1. The summed E-state index contributed by atoms with van der Waals surface area (Å²) >= 11 is 0. The lowest BCUT2D eigenvalue weighted by molar-refractivity contribution is -0.131. The Balaban J connectivity index is 2.28. The van der Waals surface area contributed by atoms with Gasteiger partial charge < -0.3 is 10.2 Å². The number of carbonyl (C=O) groups is 1. The first-order chi connectivity index (χ1) is 7.42. The second kappa shape index (κ2) is 5.97. The molecule has 16 heavy (non-hydrogen) atoms. The predicted molar refractivity (Wildman–Crippen MR) is 71.6 cm³/mol. The average molecular weight is 244 g/mol. The standard InChI is InChI=1S/C12H25N2OP/c1-12(2,3)13-9-11(15)14-7-5-10(16-4)6-8-14/h10,13,16H,5-9H2,1-4H3. The number of nitrogens with one attached hydrogen (secondary N) is 1. The maximum atomic E-state index is 11.9. The SMILES string of the molecule is CPC1CCN(C(=O)CNC(C)(C)C)CC1. The molecule has 1 aliphatic heterocycles. The summed E-state index contributed by atoms with van der Waals surface area (Å²) in [4.78, 5) is 13.9. The summed E-state index contributed by atoms with van der Waals surface area (Å²) in [6, 6.07) is 0. The Morgan fingerprint density at radius 3 is 2.38 bits per heavy atom. The maximum Gasteiger partial charge on any atom is 0.236 e. The van der Waals surface area contributed by atoms with Gasteiger partial charge in [-0.15, -0.1) is 8.58 Å². The molecular weight excluding hydrogens is 219 g/mol. The summed E-state index contributed by atoms with van der Waals surface area (Å²) < 4.78 is 0. The number of nitrogens with zero attached hydrogens (tertiary/aromatic N) is 1. The zero-order valence-electron chi connectivity index (χ0n) is 11.0. The normalized spacial score (nSPS) is 19.6. The van der Waals surface area contributed by atoms with Crippen LogP contribution in [0.3, 0.4) is 0 Å². The van der Waals surface area contributed by atoms with Crippen molar-refractivity contribution in [2.75, 3.05) is 26.3 Å². The van der Waals surface area contributed by atoms with Gasteiger partial charge in [0.15, 0.2) is 0 Å². The van der Waals surface area contributed by atoms with Gasteiger partial charge in [0, 0.05) is 18.6 Å². The van der Waals surface area contributed by atoms with Crippen molar-refractivity contribution in [1.29, 1.82) is 0 Å². The summed E-state index contributed by atoms with van der Waals surface area (Å²) in [5, 5.41) is 3.25. The molecule has 1 unspecified atom stereocenters. The van der Waals surface area contributed by atoms with Crippen molar-refractivity contribution >= 4 is 14.5 Å². The van der Waals surface area contributed by atoms with Crippen LogP contribution in [0.25, 0.3) is 0 Å². The fraction of sp³-hybridized carbons (Fsp3) is 0.917. The molecule has 0 aromatic heterocycles. The van der Waals surface area contributed by atoms with Gasteiger partial charge in [0.1, 0.15) is 0 Å². The molecule has 0 saturated carbocycles. The highest BCUT2D eigenvalue weighted by molar-refractivity contribution is 7.37. The summed E-state index contributed by atoms with van der Waals surface area (Å²) in [6.45, 7) is 10.9. The minimum atomic E-state index is 0.0266. The molecule has 0 aliphatic carbocycles. The first-order valence-electron chi connectivity index (χ1n) is 6.12. The van der Waals surface area contributed by atoms with Gasteiger partial charge in [0.25, 0.3) is 0 Å². The van der Waals surface area contributed by atoms with Crippen LogP contribution in [0.1, 0.15) is 33.6 Å². The molecule has 0 bridgehead atoms. The van der Waals surface area contributed by atoms with Crippen molar-refractivity contribution in [2.24, 2.45) is 0 Å². The van der Waals surface area contributed by atoms with Gasteiger partial charge in [-0.25, -0.2) is 0 Å². The first-order valence-corrected chi connectivity index (χ1v) is 7.70. The minimum Gasteiger partial charge on any atom is -0.342 e. The molecule has 1 saturated heterocycles. The van der Waals surface area contributed by atoms with Crippen molar-refractivity contribution in [2.45, 2.75) is 44.8 Å². The molecule has 3 nitrogen and oxygen atoms in total. The number of amides is 1. The van der Waals surface area contributed by atoms with E-state index >= 15 is 0 Å². The van der Waals surface area contributed by atoms with E-state index in [4.69, 9.17) is 0 Å². The van der Waals surface area contributed by atoms with Gasteiger partial charge in [-0.1, -0.05) is 0 Å². The van der Waals surface area contributed by atoms with Gasteiger partial charge in [0.05, 0.1) is 6.54 Å². The highest BCUT2D eigenvalue weighted by Crippen LogP contribution is 2.25. The van der Waals surface area contributed by atoms with E-state index in [1.165, 1.54) is 12.8 Å². The van der Waals surface area contributed by atoms with E-state index in [-0.39, 0.29) is 11.4 Å². The molecule has 1 atom stereocenters. The second-order valence-corrected chi connectivity index (χ2v) is 6.94. The first kappa shape index (κ1) is 13.9. The van der Waals surface area contributed by atoms with Gasteiger partial charge in [-0.3, -0.25) is 4.79 Å². The van der Waals surface area contributed by atoms with Gasteiger partial charge in [-0.2, -0.15) is 0 Å². The molecule has 1 rings (SSSR count). The van der Waals surface area contributed by atoms with E-state index in [1.54, 1.807) is 0 Å². The Morgan fingerprint density at radius 1 is 1.38 bits per heavy atom. The highest BCUT2D eigenvalue weighted by Gasteiger charge is 2.22. The van der Waals surface area contributed by atoms with Crippen molar-refractivity contribution in [3.63, 3.8) is 0 Å². The summed E-state index contributed by atoms with van der Waals surface area (Å²) in [5.74, 6) is 0.257. The number of likely N-dealkylation sites (tertiary alicyclic amines) is 1. The van der Waals surface area contributed by atoms with Gasteiger partial charge in [-0.05, 0) is 45.9 Å². The predicted octanol–water partition coefficient (Wildman–Crippen LogP) is 1.67. The third-order valence-corrected chi connectivity index (χ3v) is 4.42. The van der Waals surface area contributed by atoms with Crippen LogP contribution in [0.4, 0.5) is 0 Å². The van der Waals surface area contributed by atoms with Crippen LogP contribution in [-0.4, -0.2) is 48.3 Å². The van der Waals surface area contributed by atoms with Crippen LogP contribution in [0.15, 0.2) is 0 Å². The van der Waals surface area contributed by atoms with Crippen LogP contribution < -0.4 is 5.32 Å². The van der Waals surface area contributed by atoms with Crippen LogP contribution in [0.2, 0.25) is 0 Å². The minimum absolute atomic E-state index is 0.0266. The van der Waals surface area contributed by atoms with Gasteiger partial charge in [0.2, 0.25) is 5.91 Å². The van der Waals surface area contributed by atoms with E-state index in [0.29, 0.717) is 6.54 Å². The van der Waals surface area contributed by atoms with Crippen LogP contribution in [0, 0.1) is 0 Å². The van der Waals surface area contributed by atoms with Crippen LogP contribution in [-0.2, 0) is 4.79 Å². The lowest BCUT2D eigenvalue weighted by atomic mass is 10.1. The Kier molecular flexibility index (Phi) is 5.20. The molecule has 0 aromatic carbocycles. The molecule has 4 heteroatoms.